The Morgan fingerprint density at radius 3 is 2.53 bits per heavy atom. The molecule has 0 radical (unpaired) electrons. The molecule has 3 aromatic carbocycles. The van der Waals surface area contributed by atoms with Crippen LogP contribution in [0.4, 0.5) is 5.69 Å². The van der Waals surface area contributed by atoms with Gasteiger partial charge in [0.1, 0.15) is 11.3 Å². The number of benzene rings is 3. The molecule has 0 aliphatic carbocycles. The minimum Gasteiger partial charge on any atom is -0.550 e. The number of aromatic nitrogens is 1. The van der Waals surface area contributed by atoms with Crippen LogP contribution in [-0.2, 0) is 4.79 Å². The smallest absolute Gasteiger partial charge is 0.550 e. The van der Waals surface area contributed by atoms with Gasteiger partial charge >= 0.3 is 29.6 Å². The van der Waals surface area contributed by atoms with Gasteiger partial charge in [-0.15, -0.1) is 0 Å². The minimum absolute atomic E-state index is 0. The molecule has 0 aliphatic heterocycles. The van der Waals surface area contributed by atoms with Crippen molar-refractivity contribution in [1.82, 2.24) is 4.98 Å². The summed E-state index contributed by atoms with van der Waals surface area (Å²) in [5, 5.41) is 12.6. The van der Waals surface area contributed by atoms with Crippen molar-refractivity contribution in [2.45, 2.75) is 26.7 Å². The number of rotatable bonds is 9. The Bertz CT molecular complexity index is 1220. The molecule has 0 unspecified atom stereocenters. The third-order valence-electron chi connectivity index (χ3n) is 5.35. The number of hydrogen-bond acceptors (Lipinski definition) is 6. The number of carboxylic acids is 1. The molecule has 0 aliphatic rings. The van der Waals surface area contributed by atoms with Gasteiger partial charge in [0.2, 0.25) is 5.89 Å². The summed E-state index contributed by atoms with van der Waals surface area (Å²) in [7, 11) is 0. The third kappa shape index (κ3) is 5.44. The van der Waals surface area contributed by atoms with Crippen LogP contribution in [-0.4, -0.2) is 30.6 Å². The molecule has 32 heavy (non-hydrogen) atoms. The normalized spacial score (nSPS) is 10.8. The van der Waals surface area contributed by atoms with Gasteiger partial charge in [-0.2, -0.15) is 0 Å². The molecule has 0 saturated heterocycles. The average Bonchev–Trinajstić information content (AvgIpc) is 3.20. The number of carbonyl (C=O) groups excluding carboxylic acids is 1. The van der Waals surface area contributed by atoms with E-state index in [1.807, 2.05) is 48.5 Å². The predicted octanol–water partition coefficient (Wildman–Crippen LogP) is 1.41. The first-order chi connectivity index (χ1) is 15.1. The molecule has 6 nitrogen and oxygen atoms in total. The van der Waals surface area contributed by atoms with Crippen molar-refractivity contribution in [2.75, 3.05) is 24.6 Å². The van der Waals surface area contributed by atoms with Gasteiger partial charge in [0.25, 0.3) is 0 Å². The first-order valence-corrected chi connectivity index (χ1v) is 10.6. The molecule has 0 bridgehead atoms. The van der Waals surface area contributed by atoms with E-state index < -0.39 is 5.97 Å². The van der Waals surface area contributed by atoms with E-state index in [1.165, 1.54) is 0 Å². The van der Waals surface area contributed by atoms with Crippen molar-refractivity contribution in [2.24, 2.45) is 0 Å². The standard InChI is InChI=1S/C25H26N2O4.Na/c1-3-27(4-2)20-10-12-22-23(16-20)31-25(26-22)19-8-7-18-15-21(11-9-17(18)14-19)30-13-5-6-24(28)29;/h7-12,14-16H,3-6,13H2,1-2H3,(H,28,29);/q;+1/p-1. The summed E-state index contributed by atoms with van der Waals surface area (Å²) in [6.07, 6.45) is 0.422. The molecule has 4 rings (SSSR count). The van der Waals surface area contributed by atoms with Gasteiger partial charge in [-0.05, 0) is 73.9 Å². The summed E-state index contributed by atoms with van der Waals surface area (Å²) in [4.78, 5) is 17.4. The Labute approximate surface area is 209 Å². The Morgan fingerprint density at radius 1 is 1.03 bits per heavy atom. The SMILES string of the molecule is CCN(CC)c1ccc2nc(-c3ccc4cc(OCCCC(=O)[O-])ccc4c3)oc2c1.[Na+]. The van der Waals surface area contributed by atoms with E-state index in [4.69, 9.17) is 9.15 Å². The van der Waals surface area contributed by atoms with E-state index in [1.54, 1.807) is 0 Å². The number of carboxylic acid groups (broad SMARTS) is 1. The molecule has 1 heterocycles. The number of ether oxygens (including phenoxy) is 1. The second kappa shape index (κ2) is 10.9. The average molecular weight is 440 g/mol. The largest absolute Gasteiger partial charge is 1.00 e. The number of anilines is 1. The Morgan fingerprint density at radius 2 is 1.78 bits per heavy atom. The molecule has 0 N–H and O–H groups in total. The van der Waals surface area contributed by atoms with Gasteiger partial charge in [0.15, 0.2) is 5.58 Å². The van der Waals surface area contributed by atoms with E-state index in [0.717, 1.165) is 46.2 Å². The first-order valence-electron chi connectivity index (χ1n) is 10.6. The Balaban J connectivity index is 0.00000289. The van der Waals surface area contributed by atoms with Crippen molar-refractivity contribution >= 4 is 33.5 Å². The quantitative estimate of drug-likeness (QED) is 0.289. The number of carbonyl (C=O) groups is 1. The predicted molar refractivity (Wildman–Crippen MR) is 120 cm³/mol. The van der Waals surface area contributed by atoms with E-state index >= 15 is 0 Å². The van der Waals surface area contributed by atoms with Crippen molar-refractivity contribution < 1.29 is 48.6 Å². The van der Waals surface area contributed by atoms with E-state index in [0.29, 0.717) is 24.7 Å². The number of aliphatic carboxylic acids is 1. The van der Waals surface area contributed by atoms with Crippen LogP contribution in [0.2, 0.25) is 0 Å². The fraction of sp³-hybridized carbons (Fsp3) is 0.280. The monoisotopic (exact) mass is 440 g/mol. The summed E-state index contributed by atoms with van der Waals surface area (Å²) in [5.74, 6) is 0.249. The van der Waals surface area contributed by atoms with Crippen molar-refractivity contribution in [1.29, 1.82) is 0 Å². The molecule has 0 fully saturated rings. The third-order valence-corrected chi connectivity index (χ3v) is 5.35. The maximum absolute atomic E-state index is 10.5. The molecule has 0 amide bonds. The Kier molecular flexibility index (Phi) is 8.18. The zero-order valence-electron chi connectivity index (χ0n) is 18.8. The van der Waals surface area contributed by atoms with Crippen molar-refractivity contribution in [3.63, 3.8) is 0 Å². The summed E-state index contributed by atoms with van der Waals surface area (Å²) < 4.78 is 11.7. The zero-order valence-corrected chi connectivity index (χ0v) is 20.8. The first kappa shape index (κ1) is 24.1. The molecule has 0 spiro atoms. The summed E-state index contributed by atoms with van der Waals surface area (Å²) >= 11 is 0. The van der Waals surface area contributed by atoms with E-state index in [2.05, 4.69) is 29.8 Å². The summed E-state index contributed by atoms with van der Waals surface area (Å²) in [6.45, 7) is 6.50. The Hall–Kier alpha value is -2.54. The molecule has 0 saturated carbocycles. The van der Waals surface area contributed by atoms with Crippen LogP contribution in [0.5, 0.6) is 5.75 Å². The fourth-order valence-corrected chi connectivity index (χ4v) is 3.68. The van der Waals surface area contributed by atoms with Crippen molar-refractivity contribution in [3.05, 3.63) is 54.6 Å². The number of hydrogen-bond donors (Lipinski definition) is 0. The zero-order chi connectivity index (χ0) is 21.8. The maximum atomic E-state index is 10.5. The van der Waals surface area contributed by atoms with Gasteiger partial charge in [0, 0.05) is 36.4 Å². The molecular formula is C25H25N2NaO4. The summed E-state index contributed by atoms with van der Waals surface area (Å²) in [5.41, 5.74) is 3.66. The summed E-state index contributed by atoms with van der Waals surface area (Å²) in [6, 6.07) is 18.0. The van der Waals surface area contributed by atoms with Gasteiger partial charge < -0.3 is 24.0 Å². The molecule has 160 valence electrons. The molecule has 0 atom stereocenters. The van der Waals surface area contributed by atoms with Crippen molar-refractivity contribution in [3.8, 4) is 17.2 Å². The molecule has 4 aromatic rings. The fourth-order valence-electron chi connectivity index (χ4n) is 3.68. The van der Waals surface area contributed by atoms with Crippen LogP contribution in [0, 0.1) is 0 Å². The van der Waals surface area contributed by atoms with Crippen LogP contribution in [0.15, 0.2) is 59.0 Å². The van der Waals surface area contributed by atoms with Crippen LogP contribution >= 0.6 is 0 Å². The van der Waals surface area contributed by atoms with Gasteiger partial charge in [-0.25, -0.2) is 4.98 Å². The van der Waals surface area contributed by atoms with Crippen LogP contribution < -0.4 is 44.3 Å². The molecular weight excluding hydrogens is 415 g/mol. The second-order valence-electron chi connectivity index (χ2n) is 7.39. The molecule has 7 heteroatoms. The number of oxazole rings is 1. The second-order valence-corrected chi connectivity index (χ2v) is 7.39. The van der Waals surface area contributed by atoms with Gasteiger partial charge in [-0.3, -0.25) is 0 Å². The topological polar surface area (TPSA) is 78.6 Å². The van der Waals surface area contributed by atoms with Gasteiger partial charge in [-0.1, -0.05) is 12.1 Å². The van der Waals surface area contributed by atoms with Gasteiger partial charge in [0.05, 0.1) is 6.61 Å². The maximum Gasteiger partial charge on any atom is 1.00 e. The van der Waals surface area contributed by atoms with E-state index in [9.17, 15) is 9.90 Å². The van der Waals surface area contributed by atoms with Crippen LogP contribution in [0.3, 0.4) is 0 Å². The van der Waals surface area contributed by atoms with Crippen LogP contribution in [0.25, 0.3) is 33.3 Å². The minimum atomic E-state index is -1.06. The number of fused-ring (bicyclic) bond motifs is 2. The van der Waals surface area contributed by atoms with Crippen LogP contribution in [0.1, 0.15) is 26.7 Å². The van der Waals surface area contributed by atoms with E-state index in [-0.39, 0.29) is 36.0 Å². The number of nitrogens with zero attached hydrogens (tertiary/aromatic N) is 2. The molecule has 1 aromatic heterocycles.